The molecule has 0 spiro atoms. The van der Waals surface area contributed by atoms with E-state index in [0.29, 0.717) is 5.92 Å². The first-order valence-electron chi connectivity index (χ1n) is 12.6. The first-order chi connectivity index (χ1) is 15.7. The molecule has 2 atom stereocenters. The SMILES string of the molecule is CCOP(=O)(OCC)C(C)C(=O)/C=C/c1cc(C(C)(C)C)c(OC)c2c1CCCC2C(C)(C)C. The van der Waals surface area contributed by atoms with Gasteiger partial charge >= 0.3 is 7.60 Å². The molecule has 0 N–H and O–H groups in total. The van der Waals surface area contributed by atoms with Gasteiger partial charge < -0.3 is 13.8 Å². The molecule has 192 valence electrons. The summed E-state index contributed by atoms with van der Waals surface area (Å²) in [5.74, 6) is 1.10. The number of hydrogen-bond donors (Lipinski definition) is 0. The monoisotopic (exact) mass is 492 g/mol. The number of fused-ring (bicyclic) bond motifs is 1. The molecule has 1 aliphatic rings. The van der Waals surface area contributed by atoms with Crippen LogP contribution in [0, 0.1) is 5.41 Å². The molecule has 0 heterocycles. The van der Waals surface area contributed by atoms with Crippen LogP contribution in [0.3, 0.4) is 0 Å². The predicted octanol–water partition coefficient (Wildman–Crippen LogP) is 7.70. The molecule has 0 saturated heterocycles. The van der Waals surface area contributed by atoms with Gasteiger partial charge in [0.05, 0.1) is 20.3 Å². The number of hydrogen-bond acceptors (Lipinski definition) is 5. The van der Waals surface area contributed by atoms with Crippen LogP contribution < -0.4 is 4.74 Å². The number of allylic oxidation sites excluding steroid dienone is 1. The van der Waals surface area contributed by atoms with Crippen LogP contribution in [0.4, 0.5) is 0 Å². The molecule has 0 aliphatic heterocycles. The third-order valence-electron chi connectivity index (χ3n) is 6.72. The molecule has 0 bridgehead atoms. The minimum Gasteiger partial charge on any atom is -0.496 e. The molecule has 0 amide bonds. The Bertz CT molecular complexity index is 939. The zero-order valence-corrected chi connectivity index (χ0v) is 23.8. The van der Waals surface area contributed by atoms with Crippen molar-refractivity contribution in [3.05, 3.63) is 34.4 Å². The lowest BCUT2D eigenvalue weighted by Crippen LogP contribution is -2.26. The van der Waals surface area contributed by atoms with Crippen molar-refractivity contribution in [3.8, 4) is 5.75 Å². The van der Waals surface area contributed by atoms with E-state index in [9.17, 15) is 9.36 Å². The Labute approximate surface area is 207 Å². The summed E-state index contributed by atoms with van der Waals surface area (Å²) in [6, 6.07) is 2.17. The number of ether oxygens (including phenoxy) is 1. The van der Waals surface area contributed by atoms with E-state index in [1.807, 2.05) is 6.08 Å². The van der Waals surface area contributed by atoms with E-state index in [1.165, 1.54) is 11.1 Å². The topological polar surface area (TPSA) is 61.8 Å². The van der Waals surface area contributed by atoms with Crippen LogP contribution in [0.15, 0.2) is 12.1 Å². The van der Waals surface area contributed by atoms with Gasteiger partial charge in [0.15, 0.2) is 5.78 Å². The summed E-state index contributed by atoms with van der Waals surface area (Å²) < 4.78 is 30.0. The van der Waals surface area contributed by atoms with Crippen molar-refractivity contribution in [2.24, 2.45) is 5.41 Å². The van der Waals surface area contributed by atoms with Gasteiger partial charge in [-0.15, -0.1) is 0 Å². The molecule has 0 saturated carbocycles. The minimum atomic E-state index is -3.51. The van der Waals surface area contributed by atoms with Gasteiger partial charge in [-0.3, -0.25) is 9.36 Å². The Hall–Kier alpha value is -1.42. The fourth-order valence-corrected chi connectivity index (χ4v) is 6.54. The lowest BCUT2D eigenvalue weighted by atomic mass is 9.66. The van der Waals surface area contributed by atoms with E-state index in [-0.39, 0.29) is 29.8 Å². The molecule has 5 nitrogen and oxygen atoms in total. The van der Waals surface area contributed by atoms with Gasteiger partial charge in [0.2, 0.25) is 0 Å². The maximum Gasteiger partial charge on any atom is 0.341 e. The fraction of sp³-hybridized carbons (Fsp3) is 0.679. The second-order valence-electron chi connectivity index (χ2n) is 11.3. The maximum absolute atomic E-state index is 13.1. The van der Waals surface area contributed by atoms with E-state index in [0.717, 1.165) is 36.1 Å². The van der Waals surface area contributed by atoms with Crippen molar-refractivity contribution in [2.45, 2.75) is 98.6 Å². The van der Waals surface area contributed by atoms with E-state index in [2.05, 4.69) is 47.6 Å². The van der Waals surface area contributed by atoms with Crippen molar-refractivity contribution in [3.63, 3.8) is 0 Å². The highest BCUT2D eigenvalue weighted by atomic mass is 31.2. The first-order valence-corrected chi connectivity index (χ1v) is 14.2. The van der Waals surface area contributed by atoms with Crippen LogP contribution in [-0.2, 0) is 30.2 Å². The van der Waals surface area contributed by atoms with E-state index in [4.69, 9.17) is 13.8 Å². The average molecular weight is 493 g/mol. The normalized spacial score (nSPS) is 18.1. The second kappa shape index (κ2) is 11.1. The Kier molecular flexibility index (Phi) is 9.41. The number of methoxy groups -OCH3 is 1. The third-order valence-corrected chi connectivity index (χ3v) is 9.16. The van der Waals surface area contributed by atoms with Crippen LogP contribution in [0.5, 0.6) is 5.75 Å². The largest absolute Gasteiger partial charge is 0.496 e. The van der Waals surface area contributed by atoms with E-state index in [1.54, 1.807) is 34.0 Å². The van der Waals surface area contributed by atoms with Crippen molar-refractivity contribution < 1.29 is 23.1 Å². The highest BCUT2D eigenvalue weighted by Crippen LogP contribution is 2.54. The number of rotatable bonds is 9. The van der Waals surface area contributed by atoms with Gasteiger partial charge in [-0.05, 0) is 80.1 Å². The number of benzene rings is 1. The summed E-state index contributed by atoms with van der Waals surface area (Å²) in [5.41, 5.74) is 3.82. The van der Waals surface area contributed by atoms with Crippen LogP contribution >= 0.6 is 7.60 Å². The molecule has 34 heavy (non-hydrogen) atoms. The smallest absolute Gasteiger partial charge is 0.341 e. The van der Waals surface area contributed by atoms with Gasteiger partial charge in [0.25, 0.3) is 0 Å². The highest BCUT2D eigenvalue weighted by molar-refractivity contribution is 7.55. The summed E-state index contributed by atoms with van der Waals surface area (Å²) in [6.45, 7) is 19.0. The number of carbonyl (C=O) groups is 1. The fourth-order valence-electron chi connectivity index (χ4n) is 4.90. The van der Waals surface area contributed by atoms with Crippen LogP contribution in [-0.4, -0.2) is 31.8 Å². The molecule has 6 heteroatoms. The van der Waals surface area contributed by atoms with Crippen LogP contribution in [0.25, 0.3) is 6.08 Å². The standard InChI is InChI=1S/C28H45O5P/c1-11-32-34(30,33-12-2)19(3)24(29)17-16-20-18-23(28(7,8)9)26(31-10)25-21(20)14-13-15-22(25)27(4,5)6/h16-19,22H,11-15H2,1-10H3/b17-16+. The molecule has 1 aromatic carbocycles. The van der Waals surface area contributed by atoms with Crippen molar-refractivity contribution in [2.75, 3.05) is 20.3 Å². The highest BCUT2D eigenvalue weighted by Gasteiger charge is 2.38. The summed E-state index contributed by atoms with van der Waals surface area (Å²) >= 11 is 0. The molecule has 2 rings (SSSR count). The van der Waals surface area contributed by atoms with Crippen LogP contribution in [0.1, 0.15) is 103 Å². The van der Waals surface area contributed by atoms with Gasteiger partial charge in [-0.25, -0.2) is 0 Å². The van der Waals surface area contributed by atoms with Gasteiger partial charge in [0.1, 0.15) is 11.4 Å². The quantitative estimate of drug-likeness (QED) is 0.261. The Morgan fingerprint density at radius 3 is 2.21 bits per heavy atom. The van der Waals surface area contributed by atoms with Gasteiger partial charge in [-0.1, -0.05) is 47.6 Å². The first kappa shape index (κ1) is 28.8. The number of ketones is 1. The second-order valence-corrected chi connectivity index (χ2v) is 13.7. The van der Waals surface area contributed by atoms with Crippen molar-refractivity contribution in [1.29, 1.82) is 0 Å². The number of carbonyl (C=O) groups excluding carboxylic acids is 1. The van der Waals surface area contributed by atoms with Crippen molar-refractivity contribution >= 4 is 19.5 Å². The Balaban J connectivity index is 2.63. The van der Waals surface area contributed by atoms with E-state index >= 15 is 0 Å². The molecular formula is C28H45O5P. The van der Waals surface area contributed by atoms with Gasteiger partial charge in [-0.2, -0.15) is 0 Å². The molecule has 1 aliphatic carbocycles. The van der Waals surface area contributed by atoms with Crippen molar-refractivity contribution in [1.82, 2.24) is 0 Å². The summed E-state index contributed by atoms with van der Waals surface area (Å²) in [5, 5.41) is 0. The molecule has 0 radical (unpaired) electrons. The maximum atomic E-state index is 13.1. The molecule has 0 aromatic heterocycles. The lowest BCUT2D eigenvalue weighted by Gasteiger charge is -2.39. The summed E-state index contributed by atoms with van der Waals surface area (Å²) in [7, 11) is -1.75. The molecule has 0 fully saturated rings. The molecule has 1 aromatic rings. The van der Waals surface area contributed by atoms with Crippen LogP contribution in [0.2, 0.25) is 0 Å². The van der Waals surface area contributed by atoms with Gasteiger partial charge in [0, 0.05) is 11.1 Å². The lowest BCUT2D eigenvalue weighted by molar-refractivity contribution is -0.114. The zero-order chi connectivity index (χ0) is 25.9. The molecular weight excluding hydrogens is 447 g/mol. The summed E-state index contributed by atoms with van der Waals surface area (Å²) in [4.78, 5) is 13.1. The predicted molar refractivity (Wildman–Crippen MR) is 141 cm³/mol. The van der Waals surface area contributed by atoms with E-state index < -0.39 is 13.3 Å². The minimum absolute atomic E-state index is 0.0892. The third kappa shape index (κ3) is 6.22. The molecule has 2 unspecified atom stereocenters. The summed E-state index contributed by atoms with van der Waals surface area (Å²) in [6.07, 6.45) is 6.60. The zero-order valence-electron chi connectivity index (χ0n) is 22.9. The average Bonchev–Trinajstić information content (AvgIpc) is 2.74. The Morgan fingerprint density at radius 1 is 1.15 bits per heavy atom. The Morgan fingerprint density at radius 2 is 1.74 bits per heavy atom.